The predicted octanol–water partition coefficient (Wildman–Crippen LogP) is -0.829. The fourth-order valence-corrected chi connectivity index (χ4v) is 3.49. The second-order valence-corrected chi connectivity index (χ2v) is 6.82. The number of carbonyl (C=O) groups excluding carboxylic acids is 1. The van der Waals surface area contributed by atoms with Gasteiger partial charge in [0.25, 0.3) is 0 Å². The van der Waals surface area contributed by atoms with Crippen molar-refractivity contribution in [1.29, 1.82) is 0 Å². The molecule has 1 aliphatic carbocycles. The standard InChI is InChI=1S/C9H16N2O3S/c10-8(12)9(11-7-1-2-7)3-5-15(13,14)6-4-9/h7,11H,1-6H2,(H2,10,12). The van der Waals surface area contributed by atoms with Crippen molar-refractivity contribution >= 4 is 15.7 Å². The Balaban J connectivity index is 2.10. The fraction of sp³-hybridized carbons (Fsp3) is 0.889. The molecule has 3 N–H and O–H groups in total. The third kappa shape index (κ3) is 2.31. The van der Waals surface area contributed by atoms with E-state index in [1.54, 1.807) is 0 Å². The molecule has 0 radical (unpaired) electrons. The van der Waals surface area contributed by atoms with Crippen LogP contribution in [0.1, 0.15) is 25.7 Å². The molecular weight excluding hydrogens is 216 g/mol. The van der Waals surface area contributed by atoms with Crippen molar-refractivity contribution in [3.8, 4) is 0 Å². The van der Waals surface area contributed by atoms with E-state index in [4.69, 9.17) is 5.73 Å². The number of nitrogens with one attached hydrogen (secondary N) is 1. The van der Waals surface area contributed by atoms with E-state index in [0.717, 1.165) is 12.8 Å². The quantitative estimate of drug-likeness (QED) is 0.664. The fourth-order valence-electron chi connectivity index (χ4n) is 1.97. The second kappa shape index (κ2) is 3.45. The summed E-state index contributed by atoms with van der Waals surface area (Å²) >= 11 is 0. The minimum absolute atomic E-state index is 0.0651. The Kier molecular flexibility index (Phi) is 2.50. The largest absolute Gasteiger partial charge is 0.368 e. The van der Waals surface area contributed by atoms with E-state index < -0.39 is 21.3 Å². The van der Waals surface area contributed by atoms with E-state index in [2.05, 4.69) is 5.32 Å². The van der Waals surface area contributed by atoms with Crippen LogP contribution < -0.4 is 11.1 Å². The number of sulfone groups is 1. The van der Waals surface area contributed by atoms with Gasteiger partial charge >= 0.3 is 0 Å². The van der Waals surface area contributed by atoms with E-state index in [1.165, 1.54) is 0 Å². The maximum absolute atomic E-state index is 11.4. The number of amides is 1. The third-order valence-corrected chi connectivity index (χ3v) is 4.86. The van der Waals surface area contributed by atoms with Crippen molar-refractivity contribution in [2.45, 2.75) is 37.3 Å². The average Bonchev–Trinajstić information content (AvgIpc) is 2.92. The van der Waals surface area contributed by atoms with Crippen molar-refractivity contribution in [3.05, 3.63) is 0 Å². The van der Waals surface area contributed by atoms with Crippen LogP contribution in [0.25, 0.3) is 0 Å². The SMILES string of the molecule is NC(=O)C1(NC2CC2)CCS(=O)(=O)CC1. The number of nitrogens with two attached hydrogens (primary N) is 1. The van der Waals surface area contributed by atoms with Crippen LogP contribution >= 0.6 is 0 Å². The van der Waals surface area contributed by atoms with Crippen molar-refractivity contribution in [3.63, 3.8) is 0 Å². The van der Waals surface area contributed by atoms with Crippen molar-refractivity contribution in [2.24, 2.45) is 5.73 Å². The Morgan fingerprint density at radius 2 is 1.80 bits per heavy atom. The highest BCUT2D eigenvalue weighted by molar-refractivity contribution is 7.91. The molecule has 15 heavy (non-hydrogen) atoms. The summed E-state index contributed by atoms with van der Waals surface area (Å²) in [5.41, 5.74) is 4.60. The maximum Gasteiger partial charge on any atom is 0.237 e. The summed E-state index contributed by atoms with van der Waals surface area (Å²) in [6.07, 6.45) is 2.76. The first-order valence-electron chi connectivity index (χ1n) is 5.22. The molecule has 0 atom stereocenters. The lowest BCUT2D eigenvalue weighted by atomic mass is 9.91. The van der Waals surface area contributed by atoms with Crippen LogP contribution in [-0.2, 0) is 14.6 Å². The molecule has 2 rings (SSSR count). The highest BCUT2D eigenvalue weighted by atomic mass is 32.2. The van der Waals surface area contributed by atoms with E-state index in [1.807, 2.05) is 0 Å². The van der Waals surface area contributed by atoms with Crippen molar-refractivity contribution in [1.82, 2.24) is 5.32 Å². The molecule has 0 aromatic rings. The second-order valence-electron chi connectivity index (χ2n) is 4.52. The smallest absolute Gasteiger partial charge is 0.237 e. The molecule has 5 nitrogen and oxygen atoms in total. The van der Waals surface area contributed by atoms with Gasteiger partial charge in [-0.2, -0.15) is 0 Å². The van der Waals surface area contributed by atoms with Crippen LogP contribution in [0.15, 0.2) is 0 Å². The Morgan fingerprint density at radius 3 is 2.20 bits per heavy atom. The van der Waals surface area contributed by atoms with Crippen molar-refractivity contribution in [2.75, 3.05) is 11.5 Å². The van der Waals surface area contributed by atoms with Crippen LogP contribution in [0, 0.1) is 0 Å². The van der Waals surface area contributed by atoms with Crippen LogP contribution in [0.5, 0.6) is 0 Å². The van der Waals surface area contributed by atoms with Crippen LogP contribution in [0.2, 0.25) is 0 Å². The monoisotopic (exact) mass is 232 g/mol. The molecule has 6 heteroatoms. The molecule has 1 saturated carbocycles. The molecule has 0 aromatic carbocycles. The predicted molar refractivity (Wildman–Crippen MR) is 56.0 cm³/mol. The van der Waals surface area contributed by atoms with Crippen LogP contribution in [0.4, 0.5) is 0 Å². The Hall–Kier alpha value is -0.620. The molecule has 0 aromatic heterocycles. The zero-order chi connectivity index (χ0) is 11.1. The van der Waals surface area contributed by atoms with E-state index in [9.17, 15) is 13.2 Å². The van der Waals surface area contributed by atoms with Gasteiger partial charge in [-0.15, -0.1) is 0 Å². The molecule has 0 spiro atoms. The molecule has 1 saturated heterocycles. The van der Waals surface area contributed by atoms with Crippen molar-refractivity contribution < 1.29 is 13.2 Å². The zero-order valence-electron chi connectivity index (χ0n) is 8.53. The zero-order valence-corrected chi connectivity index (χ0v) is 9.35. The van der Waals surface area contributed by atoms with Gasteiger partial charge in [-0.05, 0) is 25.7 Å². The van der Waals surface area contributed by atoms with E-state index >= 15 is 0 Å². The molecule has 2 fully saturated rings. The number of primary amides is 1. The Labute approximate surface area is 89.3 Å². The first-order chi connectivity index (χ1) is 6.94. The minimum Gasteiger partial charge on any atom is -0.368 e. The van der Waals surface area contributed by atoms with Gasteiger partial charge in [0, 0.05) is 6.04 Å². The van der Waals surface area contributed by atoms with Gasteiger partial charge in [-0.3, -0.25) is 4.79 Å². The van der Waals surface area contributed by atoms with E-state index in [0.29, 0.717) is 18.9 Å². The lowest BCUT2D eigenvalue weighted by Gasteiger charge is -2.35. The van der Waals surface area contributed by atoms with Gasteiger partial charge in [0.2, 0.25) is 5.91 Å². The molecule has 1 amide bonds. The molecule has 2 aliphatic rings. The Morgan fingerprint density at radius 1 is 1.27 bits per heavy atom. The van der Waals surface area contributed by atoms with Gasteiger partial charge in [0.15, 0.2) is 0 Å². The van der Waals surface area contributed by atoms with Crippen LogP contribution in [0.3, 0.4) is 0 Å². The average molecular weight is 232 g/mol. The molecule has 1 aliphatic heterocycles. The molecule has 1 heterocycles. The van der Waals surface area contributed by atoms with E-state index in [-0.39, 0.29) is 11.5 Å². The molecule has 0 unspecified atom stereocenters. The lowest BCUT2D eigenvalue weighted by molar-refractivity contribution is -0.124. The van der Waals surface area contributed by atoms with Gasteiger partial charge in [0.05, 0.1) is 17.0 Å². The lowest BCUT2D eigenvalue weighted by Crippen LogP contribution is -2.59. The summed E-state index contributed by atoms with van der Waals surface area (Å²) in [5, 5.41) is 3.20. The topological polar surface area (TPSA) is 89.3 Å². The first kappa shape index (κ1) is 10.9. The summed E-state index contributed by atoms with van der Waals surface area (Å²) in [5.74, 6) is -0.282. The molecule has 0 bridgehead atoms. The summed E-state index contributed by atoms with van der Waals surface area (Å²) in [7, 11) is -2.95. The number of hydrogen-bond donors (Lipinski definition) is 2. The Bertz CT molecular complexity index is 359. The third-order valence-electron chi connectivity index (χ3n) is 3.21. The summed E-state index contributed by atoms with van der Waals surface area (Å²) in [6.45, 7) is 0. The van der Waals surface area contributed by atoms with Crippen LogP contribution in [-0.4, -0.2) is 37.4 Å². The normalized spacial score (nSPS) is 28.5. The van der Waals surface area contributed by atoms with Gasteiger partial charge in [-0.25, -0.2) is 8.42 Å². The first-order valence-corrected chi connectivity index (χ1v) is 7.04. The summed E-state index contributed by atoms with van der Waals surface area (Å²) < 4.78 is 22.6. The summed E-state index contributed by atoms with van der Waals surface area (Å²) in [6, 6.07) is 0.360. The number of carbonyl (C=O) groups is 1. The summed E-state index contributed by atoms with van der Waals surface area (Å²) in [4.78, 5) is 11.4. The van der Waals surface area contributed by atoms with Gasteiger partial charge in [0.1, 0.15) is 9.84 Å². The van der Waals surface area contributed by atoms with Gasteiger partial charge in [-0.1, -0.05) is 0 Å². The number of rotatable bonds is 3. The highest BCUT2D eigenvalue weighted by Crippen LogP contribution is 2.29. The molecule has 86 valence electrons. The highest BCUT2D eigenvalue weighted by Gasteiger charge is 2.44. The maximum atomic E-state index is 11.4. The molecular formula is C9H16N2O3S. The number of hydrogen-bond acceptors (Lipinski definition) is 4. The van der Waals surface area contributed by atoms with Gasteiger partial charge < -0.3 is 11.1 Å². The minimum atomic E-state index is -2.95.